The Hall–Kier alpha value is -3.82. The lowest BCUT2D eigenvalue weighted by Crippen LogP contribution is -2.41. The Morgan fingerprint density at radius 3 is 2.51 bits per heavy atom. The normalized spacial score (nSPS) is 16.5. The number of amides is 1. The van der Waals surface area contributed by atoms with E-state index in [0.717, 1.165) is 36.6 Å². The standard InChI is InChI=1S/C32H39FN2O6/c1-34-32(36)41-19-15-25-6-2-3-9-30(25)39-20-21-40-31-23-35-16-14-29(31)24-10-12-27(13-11-24)37-17-5-18-38-28-8-4-7-26(33)22-28/h2-4,6-13,22,29,31,35H,5,14-21,23H2,1H3,(H,34,36). The van der Waals surface area contributed by atoms with Crippen molar-refractivity contribution in [1.29, 1.82) is 0 Å². The van der Waals surface area contributed by atoms with Gasteiger partial charge < -0.3 is 34.3 Å². The van der Waals surface area contributed by atoms with Gasteiger partial charge in [-0.25, -0.2) is 9.18 Å². The Balaban J connectivity index is 1.18. The molecule has 0 aliphatic carbocycles. The van der Waals surface area contributed by atoms with Gasteiger partial charge in [-0.05, 0) is 54.4 Å². The summed E-state index contributed by atoms with van der Waals surface area (Å²) in [5, 5.41) is 5.88. The fourth-order valence-electron chi connectivity index (χ4n) is 4.72. The van der Waals surface area contributed by atoms with Crippen molar-refractivity contribution in [3.63, 3.8) is 0 Å². The summed E-state index contributed by atoms with van der Waals surface area (Å²) in [6.07, 6.45) is 1.84. The molecular weight excluding hydrogens is 527 g/mol. The second-order valence-corrected chi connectivity index (χ2v) is 9.68. The number of piperidine rings is 1. The molecule has 220 valence electrons. The molecule has 2 unspecified atom stereocenters. The molecule has 1 aliphatic heterocycles. The van der Waals surface area contributed by atoms with Crippen LogP contribution in [0.5, 0.6) is 17.2 Å². The lowest BCUT2D eigenvalue weighted by atomic mass is 9.88. The zero-order valence-corrected chi connectivity index (χ0v) is 23.5. The molecule has 4 rings (SSSR count). The van der Waals surface area contributed by atoms with Crippen LogP contribution in [-0.4, -0.2) is 65.4 Å². The summed E-state index contributed by atoms with van der Waals surface area (Å²) in [6.45, 7) is 3.85. The van der Waals surface area contributed by atoms with Crippen molar-refractivity contribution in [3.05, 3.63) is 89.7 Å². The van der Waals surface area contributed by atoms with Crippen molar-refractivity contribution >= 4 is 6.09 Å². The smallest absolute Gasteiger partial charge is 0.406 e. The Labute approximate surface area is 241 Å². The fraction of sp³-hybridized carbons (Fsp3) is 0.406. The topological polar surface area (TPSA) is 87.3 Å². The summed E-state index contributed by atoms with van der Waals surface area (Å²) in [5.41, 5.74) is 2.20. The van der Waals surface area contributed by atoms with E-state index in [1.54, 1.807) is 12.1 Å². The maximum Gasteiger partial charge on any atom is 0.406 e. The molecule has 0 spiro atoms. The van der Waals surface area contributed by atoms with Crippen LogP contribution in [-0.2, 0) is 15.9 Å². The van der Waals surface area contributed by atoms with Gasteiger partial charge in [-0.3, -0.25) is 0 Å². The van der Waals surface area contributed by atoms with Crippen molar-refractivity contribution < 1.29 is 32.9 Å². The first-order valence-corrected chi connectivity index (χ1v) is 14.1. The Kier molecular flexibility index (Phi) is 12.1. The van der Waals surface area contributed by atoms with Crippen LogP contribution < -0.4 is 24.8 Å². The average Bonchev–Trinajstić information content (AvgIpc) is 3.00. The molecule has 2 atom stereocenters. The van der Waals surface area contributed by atoms with Crippen molar-refractivity contribution in [1.82, 2.24) is 10.6 Å². The molecule has 1 heterocycles. The second-order valence-electron chi connectivity index (χ2n) is 9.68. The van der Waals surface area contributed by atoms with E-state index >= 15 is 0 Å². The van der Waals surface area contributed by atoms with Crippen molar-refractivity contribution in [2.75, 3.05) is 53.2 Å². The highest BCUT2D eigenvalue weighted by atomic mass is 19.1. The third kappa shape index (κ3) is 9.95. The van der Waals surface area contributed by atoms with E-state index in [1.807, 2.05) is 36.4 Å². The lowest BCUT2D eigenvalue weighted by Gasteiger charge is -2.32. The number of ether oxygens (including phenoxy) is 5. The average molecular weight is 567 g/mol. The molecule has 0 aromatic heterocycles. The van der Waals surface area contributed by atoms with Crippen LogP contribution >= 0.6 is 0 Å². The van der Waals surface area contributed by atoms with Crippen LogP contribution in [0.15, 0.2) is 72.8 Å². The predicted molar refractivity (Wildman–Crippen MR) is 154 cm³/mol. The van der Waals surface area contributed by atoms with Crippen LogP contribution in [0.2, 0.25) is 0 Å². The SMILES string of the molecule is CNC(=O)OCCc1ccccc1OCCOC1CNCCC1c1ccc(OCCCOc2cccc(F)c2)cc1. The van der Waals surface area contributed by atoms with Gasteiger partial charge in [-0.1, -0.05) is 36.4 Å². The highest BCUT2D eigenvalue weighted by molar-refractivity contribution is 5.66. The van der Waals surface area contributed by atoms with Gasteiger partial charge in [0, 0.05) is 38.4 Å². The highest BCUT2D eigenvalue weighted by Crippen LogP contribution is 2.29. The number of halogens is 1. The molecule has 2 N–H and O–H groups in total. The second kappa shape index (κ2) is 16.4. The maximum absolute atomic E-state index is 13.2. The predicted octanol–water partition coefficient (Wildman–Crippen LogP) is 5.11. The summed E-state index contributed by atoms with van der Waals surface area (Å²) in [4.78, 5) is 11.3. The van der Waals surface area contributed by atoms with Crippen molar-refractivity contribution in [2.24, 2.45) is 0 Å². The number of para-hydroxylation sites is 1. The third-order valence-corrected chi connectivity index (χ3v) is 6.81. The fourth-order valence-corrected chi connectivity index (χ4v) is 4.72. The molecule has 3 aromatic rings. The third-order valence-electron chi connectivity index (χ3n) is 6.81. The van der Waals surface area contributed by atoms with E-state index in [2.05, 4.69) is 22.8 Å². The van der Waals surface area contributed by atoms with E-state index in [-0.39, 0.29) is 24.4 Å². The molecule has 1 aliphatic rings. The van der Waals surface area contributed by atoms with Crippen molar-refractivity contribution in [2.45, 2.75) is 31.3 Å². The molecule has 0 bridgehead atoms. The van der Waals surface area contributed by atoms with E-state index < -0.39 is 6.09 Å². The highest BCUT2D eigenvalue weighted by Gasteiger charge is 2.27. The van der Waals surface area contributed by atoms with E-state index in [9.17, 15) is 9.18 Å². The van der Waals surface area contributed by atoms with Crippen molar-refractivity contribution in [3.8, 4) is 17.2 Å². The number of hydrogen-bond donors (Lipinski definition) is 2. The van der Waals surface area contributed by atoms with Gasteiger partial charge in [0.15, 0.2) is 0 Å². The van der Waals surface area contributed by atoms with E-state index in [4.69, 9.17) is 23.7 Å². The number of rotatable bonds is 15. The van der Waals surface area contributed by atoms with Gasteiger partial charge in [0.1, 0.15) is 29.7 Å². The number of alkyl carbamates (subject to hydrolysis) is 1. The molecule has 3 aromatic carbocycles. The molecule has 8 nitrogen and oxygen atoms in total. The molecule has 1 amide bonds. The first-order chi connectivity index (χ1) is 20.1. The molecule has 1 saturated heterocycles. The summed E-state index contributed by atoms with van der Waals surface area (Å²) >= 11 is 0. The first kappa shape index (κ1) is 30.1. The number of benzene rings is 3. The van der Waals surface area contributed by atoms with Crippen LogP contribution in [0.25, 0.3) is 0 Å². The zero-order chi connectivity index (χ0) is 28.7. The molecular formula is C32H39FN2O6. The van der Waals surface area contributed by atoms with Gasteiger partial charge in [0.25, 0.3) is 0 Å². The molecule has 9 heteroatoms. The minimum Gasteiger partial charge on any atom is -0.493 e. The zero-order valence-electron chi connectivity index (χ0n) is 23.5. The Morgan fingerprint density at radius 2 is 1.71 bits per heavy atom. The number of carbonyl (C=O) groups is 1. The van der Waals surface area contributed by atoms with Gasteiger partial charge >= 0.3 is 6.09 Å². The number of hydrogen-bond acceptors (Lipinski definition) is 7. The maximum atomic E-state index is 13.2. The van der Waals surface area contributed by atoms with Gasteiger partial charge in [-0.15, -0.1) is 0 Å². The quantitative estimate of drug-likeness (QED) is 0.247. The molecule has 1 fully saturated rings. The first-order valence-electron chi connectivity index (χ1n) is 14.1. The lowest BCUT2D eigenvalue weighted by molar-refractivity contribution is 0.00719. The van der Waals surface area contributed by atoms with Gasteiger partial charge in [0.2, 0.25) is 0 Å². The Morgan fingerprint density at radius 1 is 0.902 bits per heavy atom. The Bertz CT molecular complexity index is 1210. The van der Waals surface area contributed by atoms with Crippen LogP contribution in [0.3, 0.4) is 0 Å². The molecule has 41 heavy (non-hydrogen) atoms. The van der Waals surface area contributed by atoms with Gasteiger partial charge in [0.05, 0.1) is 32.5 Å². The van der Waals surface area contributed by atoms with Crippen LogP contribution in [0, 0.1) is 5.82 Å². The molecule has 0 saturated carbocycles. The van der Waals surface area contributed by atoms with E-state index in [1.165, 1.54) is 24.7 Å². The monoisotopic (exact) mass is 566 g/mol. The minimum absolute atomic E-state index is 0.0373. The summed E-state index contributed by atoms with van der Waals surface area (Å²) in [6, 6.07) is 22.1. The van der Waals surface area contributed by atoms with E-state index in [0.29, 0.717) is 45.0 Å². The largest absolute Gasteiger partial charge is 0.493 e. The van der Waals surface area contributed by atoms with Gasteiger partial charge in [-0.2, -0.15) is 0 Å². The van der Waals surface area contributed by atoms with Crippen LogP contribution in [0.4, 0.5) is 9.18 Å². The summed E-state index contributed by atoms with van der Waals surface area (Å²) in [5.74, 6) is 2.07. The summed E-state index contributed by atoms with van der Waals surface area (Å²) < 4.78 is 42.1. The minimum atomic E-state index is -0.445. The summed E-state index contributed by atoms with van der Waals surface area (Å²) in [7, 11) is 1.54. The number of carbonyl (C=O) groups excluding carboxylic acids is 1. The van der Waals surface area contributed by atoms with Crippen LogP contribution in [0.1, 0.15) is 29.9 Å². The number of nitrogens with one attached hydrogen (secondary N) is 2. The molecule has 0 radical (unpaired) electrons.